The molecular formula is C14H24N2O2. The van der Waals surface area contributed by atoms with Gasteiger partial charge in [0, 0.05) is 11.6 Å². The molecule has 1 unspecified atom stereocenters. The molecule has 0 amide bonds. The third-order valence-corrected chi connectivity index (χ3v) is 3.35. The fraction of sp³-hybridized carbons (Fsp3) is 0.571. The third kappa shape index (κ3) is 2.94. The van der Waals surface area contributed by atoms with Crippen LogP contribution < -0.4 is 20.5 Å². The van der Waals surface area contributed by atoms with Crippen LogP contribution in [0.25, 0.3) is 0 Å². The van der Waals surface area contributed by atoms with Gasteiger partial charge in [0.1, 0.15) is 11.5 Å². The second kappa shape index (κ2) is 6.61. The standard InChI is InChI=1S/C14H24N2O2/c1-9-10(2)14(18-5)11(8-13(9)17-4)12(15)6-7-16-3/h8,12,16H,6-7,15H2,1-5H3. The predicted octanol–water partition coefficient (Wildman–Crippen LogP) is 1.93. The molecule has 0 aromatic heterocycles. The molecule has 1 atom stereocenters. The molecule has 0 bridgehead atoms. The Morgan fingerprint density at radius 2 is 1.89 bits per heavy atom. The SMILES string of the molecule is CNCCC(N)c1cc(OC)c(C)c(C)c1OC. The number of ether oxygens (including phenoxy) is 2. The average molecular weight is 252 g/mol. The van der Waals surface area contributed by atoms with Gasteiger partial charge < -0.3 is 20.5 Å². The molecule has 0 fully saturated rings. The molecule has 0 aliphatic heterocycles. The topological polar surface area (TPSA) is 56.5 Å². The predicted molar refractivity (Wildman–Crippen MR) is 74.5 cm³/mol. The Hall–Kier alpha value is -1.26. The molecular weight excluding hydrogens is 228 g/mol. The highest BCUT2D eigenvalue weighted by atomic mass is 16.5. The second-order valence-corrected chi connectivity index (χ2v) is 4.45. The number of methoxy groups -OCH3 is 2. The van der Waals surface area contributed by atoms with Gasteiger partial charge in [-0.3, -0.25) is 0 Å². The van der Waals surface area contributed by atoms with Crippen molar-refractivity contribution in [1.29, 1.82) is 0 Å². The minimum Gasteiger partial charge on any atom is -0.496 e. The lowest BCUT2D eigenvalue weighted by Crippen LogP contribution is -2.19. The molecule has 4 heteroatoms. The normalized spacial score (nSPS) is 12.3. The molecule has 0 radical (unpaired) electrons. The van der Waals surface area contributed by atoms with Gasteiger partial charge in [0.15, 0.2) is 0 Å². The van der Waals surface area contributed by atoms with Gasteiger partial charge in [0.25, 0.3) is 0 Å². The van der Waals surface area contributed by atoms with Crippen LogP contribution in [0.4, 0.5) is 0 Å². The molecule has 3 N–H and O–H groups in total. The molecule has 102 valence electrons. The van der Waals surface area contributed by atoms with E-state index in [1.165, 1.54) is 0 Å². The van der Waals surface area contributed by atoms with E-state index in [1.807, 2.05) is 27.0 Å². The Morgan fingerprint density at radius 3 is 2.39 bits per heavy atom. The largest absolute Gasteiger partial charge is 0.496 e. The van der Waals surface area contributed by atoms with Crippen molar-refractivity contribution in [3.63, 3.8) is 0 Å². The van der Waals surface area contributed by atoms with Gasteiger partial charge in [-0.25, -0.2) is 0 Å². The maximum absolute atomic E-state index is 6.22. The van der Waals surface area contributed by atoms with Crippen LogP contribution in [0.5, 0.6) is 11.5 Å². The van der Waals surface area contributed by atoms with Crippen LogP contribution in [0.3, 0.4) is 0 Å². The highest BCUT2D eigenvalue weighted by Crippen LogP contribution is 2.36. The van der Waals surface area contributed by atoms with Gasteiger partial charge in [-0.2, -0.15) is 0 Å². The summed E-state index contributed by atoms with van der Waals surface area (Å²) in [5, 5.41) is 3.11. The van der Waals surface area contributed by atoms with Gasteiger partial charge >= 0.3 is 0 Å². The Morgan fingerprint density at radius 1 is 1.22 bits per heavy atom. The van der Waals surface area contributed by atoms with E-state index < -0.39 is 0 Å². The van der Waals surface area contributed by atoms with Crippen molar-refractivity contribution < 1.29 is 9.47 Å². The molecule has 18 heavy (non-hydrogen) atoms. The van der Waals surface area contributed by atoms with E-state index >= 15 is 0 Å². The van der Waals surface area contributed by atoms with E-state index in [-0.39, 0.29) is 6.04 Å². The zero-order valence-electron chi connectivity index (χ0n) is 12.0. The fourth-order valence-corrected chi connectivity index (χ4v) is 2.10. The summed E-state index contributed by atoms with van der Waals surface area (Å²) in [4.78, 5) is 0. The lowest BCUT2D eigenvalue weighted by Gasteiger charge is -2.20. The highest BCUT2D eigenvalue weighted by molar-refractivity contribution is 5.53. The fourth-order valence-electron chi connectivity index (χ4n) is 2.10. The van der Waals surface area contributed by atoms with Crippen molar-refractivity contribution in [3.05, 3.63) is 22.8 Å². The first kappa shape index (κ1) is 14.8. The van der Waals surface area contributed by atoms with Crippen molar-refractivity contribution in [1.82, 2.24) is 5.32 Å². The van der Waals surface area contributed by atoms with Gasteiger partial charge in [-0.15, -0.1) is 0 Å². The molecule has 1 rings (SSSR count). The molecule has 1 aromatic carbocycles. The van der Waals surface area contributed by atoms with Crippen molar-refractivity contribution in [2.24, 2.45) is 5.73 Å². The number of rotatable bonds is 6. The monoisotopic (exact) mass is 252 g/mol. The van der Waals surface area contributed by atoms with Gasteiger partial charge in [-0.1, -0.05) is 0 Å². The van der Waals surface area contributed by atoms with Crippen LogP contribution in [-0.4, -0.2) is 27.8 Å². The van der Waals surface area contributed by atoms with E-state index in [2.05, 4.69) is 5.32 Å². The van der Waals surface area contributed by atoms with E-state index in [4.69, 9.17) is 15.2 Å². The van der Waals surface area contributed by atoms with Crippen LogP contribution in [0.15, 0.2) is 6.07 Å². The quantitative estimate of drug-likeness (QED) is 0.812. The maximum Gasteiger partial charge on any atom is 0.127 e. The lowest BCUT2D eigenvalue weighted by molar-refractivity contribution is 0.388. The van der Waals surface area contributed by atoms with E-state index in [0.29, 0.717) is 0 Å². The van der Waals surface area contributed by atoms with Crippen molar-refractivity contribution in [2.75, 3.05) is 27.8 Å². The van der Waals surface area contributed by atoms with Crippen LogP contribution in [0, 0.1) is 13.8 Å². The first-order valence-electron chi connectivity index (χ1n) is 6.19. The number of benzene rings is 1. The Kier molecular flexibility index (Phi) is 5.44. The maximum atomic E-state index is 6.22. The molecule has 0 spiro atoms. The number of nitrogens with one attached hydrogen (secondary N) is 1. The Bertz CT molecular complexity index is 405. The number of nitrogens with two attached hydrogens (primary N) is 1. The molecule has 0 heterocycles. The second-order valence-electron chi connectivity index (χ2n) is 4.45. The van der Waals surface area contributed by atoms with Gasteiger partial charge in [0.2, 0.25) is 0 Å². The van der Waals surface area contributed by atoms with Gasteiger partial charge in [0.05, 0.1) is 14.2 Å². The van der Waals surface area contributed by atoms with E-state index in [0.717, 1.165) is 41.2 Å². The first-order valence-corrected chi connectivity index (χ1v) is 6.19. The summed E-state index contributed by atoms with van der Waals surface area (Å²) in [6.45, 7) is 4.93. The van der Waals surface area contributed by atoms with E-state index in [1.54, 1.807) is 14.2 Å². The van der Waals surface area contributed by atoms with Crippen molar-refractivity contribution in [3.8, 4) is 11.5 Å². The van der Waals surface area contributed by atoms with Crippen LogP contribution >= 0.6 is 0 Å². The summed E-state index contributed by atoms with van der Waals surface area (Å²) in [6, 6.07) is 1.93. The summed E-state index contributed by atoms with van der Waals surface area (Å²) in [5.74, 6) is 1.74. The van der Waals surface area contributed by atoms with Gasteiger partial charge in [-0.05, 0) is 51.1 Å². The molecule has 0 saturated heterocycles. The van der Waals surface area contributed by atoms with Crippen LogP contribution in [0.2, 0.25) is 0 Å². The summed E-state index contributed by atoms with van der Waals surface area (Å²) in [6.07, 6.45) is 0.860. The summed E-state index contributed by atoms with van der Waals surface area (Å²) in [7, 11) is 5.28. The van der Waals surface area contributed by atoms with Crippen LogP contribution in [0.1, 0.15) is 29.2 Å². The molecule has 1 aromatic rings. The minimum atomic E-state index is -0.0550. The highest BCUT2D eigenvalue weighted by Gasteiger charge is 2.18. The van der Waals surface area contributed by atoms with Crippen molar-refractivity contribution >= 4 is 0 Å². The molecule has 0 saturated carbocycles. The minimum absolute atomic E-state index is 0.0550. The number of hydrogen-bond acceptors (Lipinski definition) is 4. The van der Waals surface area contributed by atoms with Crippen LogP contribution in [-0.2, 0) is 0 Å². The van der Waals surface area contributed by atoms with E-state index in [9.17, 15) is 0 Å². The van der Waals surface area contributed by atoms with Crippen molar-refractivity contribution in [2.45, 2.75) is 26.3 Å². The zero-order valence-corrected chi connectivity index (χ0v) is 12.0. The Labute approximate surface area is 109 Å². The average Bonchev–Trinajstić information content (AvgIpc) is 2.38. The smallest absolute Gasteiger partial charge is 0.127 e. The zero-order chi connectivity index (χ0) is 13.7. The molecule has 0 aliphatic rings. The number of hydrogen-bond donors (Lipinski definition) is 2. The molecule has 4 nitrogen and oxygen atoms in total. The lowest BCUT2D eigenvalue weighted by atomic mass is 9.96. The summed E-state index contributed by atoms with van der Waals surface area (Å²) < 4.78 is 10.9. The first-order chi connectivity index (χ1) is 8.56. The third-order valence-electron chi connectivity index (χ3n) is 3.35. The summed E-state index contributed by atoms with van der Waals surface area (Å²) >= 11 is 0. The summed E-state index contributed by atoms with van der Waals surface area (Å²) in [5.41, 5.74) is 9.42. The molecule has 0 aliphatic carbocycles. The Balaban J connectivity index is 3.20.